The summed E-state index contributed by atoms with van der Waals surface area (Å²) in [5.74, 6) is -1.04. The van der Waals surface area contributed by atoms with Gasteiger partial charge in [0.1, 0.15) is 0 Å². The lowest BCUT2D eigenvalue weighted by Crippen LogP contribution is -2.33. The van der Waals surface area contributed by atoms with Crippen LogP contribution < -0.4 is 5.32 Å². The molecule has 5 nitrogen and oxygen atoms in total. The third-order valence-electron chi connectivity index (χ3n) is 4.22. The number of nitrogens with one attached hydrogen (secondary N) is 1. The summed E-state index contributed by atoms with van der Waals surface area (Å²) in [5.41, 5.74) is 1.70. The molecule has 21 heavy (non-hydrogen) atoms. The minimum absolute atomic E-state index is 0.0439. The molecule has 0 radical (unpaired) electrons. The van der Waals surface area contributed by atoms with Crippen molar-refractivity contribution in [1.29, 1.82) is 0 Å². The topological polar surface area (TPSA) is 75.1 Å². The number of rotatable bonds is 3. The summed E-state index contributed by atoms with van der Waals surface area (Å²) in [6.07, 6.45) is 6.48. The SMILES string of the molecule is O=C(O)C1CCCCCC1Nc1cnnc2ccccc12. The summed E-state index contributed by atoms with van der Waals surface area (Å²) in [5, 5.41) is 22.0. The van der Waals surface area contributed by atoms with E-state index in [0.717, 1.165) is 48.7 Å². The molecule has 1 aliphatic carbocycles. The number of hydrogen-bond donors (Lipinski definition) is 2. The van der Waals surface area contributed by atoms with Crippen molar-refractivity contribution < 1.29 is 9.90 Å². The van der Waals surface area contributed by atoms with E-state index in [1.165, 1.54) is 0 Å². The maximum atomic E-state index is 11.5. The molecule has 2 aromatic rings. The van der Waals surface area contributed by atoms with Crippen molar-refractivity contribution in [3.05, 3.63) is 30.5 Å². The van der Waals surface area contributed by atoms with Gasteiger partial charge in [-0.2, -0.15) is 10.2 Å². The van der Waals surface area contributed by atoms with Crippen LogP contribution in [0.3, 0.4) is 0 Å². The predicted octanol–water partition coefficient (Wildman–Crippen LogP) is 3.08. The van der Waals surface area contributed by atoms with E-state index in [2.05, 4.69) is 15.5 Å². The van der Waals surface area contributed by atoms with Gasteiger partial charge in [0.05, 0.1) is 23.3 Å². The third-order valence-corrected chi connectivity index (χ3v) is 4.22. The number of fused-ring (bicyclic) bond motifs is 1. The number of aliphatic carboxylic acids is 1. The Labute approximate surface area is 123 Å². The van der Waals surface area contributed by atoms with Crippen LogP contribution >= 0.6 is 0 Å². The van der Waals surface area contributed by atoms with Crippen LogP contribution in [0, 0.1) is 5.92 Å². The zero-order chi connectivity index (χ0) is 14.7. The number of carboxylic acids is 1. The van der Waals surface area contributed by atoms with Crippen molar-refractivity contribution in [1.82, 2.24) is 10.2 Å². The van der Waals surface area contributed by atoms with E-state index in [0.29, 0.717) is 0 Å². The smallest absolute Gasteiger partial charge is 0.308 e. The zero-order valence-electron chi connectivity index (χ0n) is 11.8. The first-order chi connectivity index (χ1) is 10.3. The molecule has 1 aliphatic rings. The van der Waals surface area contributed by atoms with Gasteiger partial charge < -0.3 is 10.4 Å². The quantitative estimate of drug-likeness (QED) is 0.848. The van der Waals surface area contributed by atoms with Gasteiger partial charge >= 0.3 is 5.97 Å². The number of benzene rings is 1. The van der Waals surface area contributed by atoms with Crippen molar-refractivity contribution >= 4 is 22.6 Å². The number of carbonyl (C=O) groups is 1. The summed E-state index contributed by atoms with van der Waals surface area (Å²) in [6, 6.07) is 7.73. The van der Waals surface area contributed by atoms with Gasteiger partial charge in [0, 0.05) is 11.4 Å². The van der Waals surface area contributed by atoms with E-state index in [1.807, 2.05) is 24.3 Å². The van der Waals surface area contributed by atoms with Crippen molar-refractivity contribution in [2.75, 3.05) is 5.32 Å². The summed E-state index contributed by atoms with van der Waals surface area (Å²) in [6.45, 7) is 0. The summed E-state index contributed by atoms with van der Waals surface area (Å²) in [7, 11) is 0. The van der Waals surface area contributed by atoms with Crippen molar-refractivity contribution in [3.63, 3.8) is 0 Å². The molecule has 0 spiro atoms. The van der Waals surface area contributed by atoms with Gasteiger partial charge in [-0.05, 0) is 18.9 Å². The first-order valence-electron chi connectivity index (χ1n) is 7.45. The Morgan fingerprint density at radius 1 is 1.19 bits per heavy atom. The second kappa shape index (κ2) is 6.08. The second-order valence-electron chi connectivity index (χ2n) is 5.61. The van der Waals surface area contributed by atoms with Gasteiger partial charge in [-0.3, -0.25) is 4.79 Å². The van der Waals surface area contributed by atoms with Crippen LogP contribution in [0.25, 0.3) is 10.9 Å². The molecule has 1 heterocycles. The molecule has 5 heteroatoms. The van der Waals surface area contributed by atoms with Gasteiger partial charge in [-0.15, -0.1) is 0 Å². The molecule has 1 aromatic heterocycles. The van der Waals surface area contributed by atoms with Crippen LogP contribution in [-0.4, -0.2) is 27.3 Å². The maximum Gasteiger partial charge on any atom is 0.308 e. The minimum Gasteiger partial charge on any atom is -0.481 e. The van der Waals surface area contributed by atoms with Crippen molar-refractivity contribution in [2.24, 2.45) is 5.92 Å². The standard InChI is InChI=1S/C16H19N3O2/c20-16(21)12-7-2-1-3-8-13(12)18-15-10-17-19-14-9-5-4-6-11(14)15/h4-6,9-10,12-13H,1-3,7-8H2,(H,18,19)(H,20,21). The van der Waals surface area contributed by atoms with Gasteiger partial charge in [-0.1, -0.05) is 37.5 Å². The van der Waals surface area contributed by atoms with Crippen LogP contribution in [-0.2, 0) is 4.79 Å². The van der Waals surface area contributed by atoms with E-state index in [-0.39, 0.29) is 12.0 Å². The van der Waals surface area contributed by atoms with Crippen LogP contribution in [0.1, 0.15) is 32.1 Å². The Kier molecular flexibility index (Phi) is 3.99. The van der Waals surface area contributed by atoms with Gasteiger partial charge in [0.15, 0.2) is 0 Å². The number of aromatic nitrogens is 2. The minimum atomic E-state index is -0.708. The highest BCUT2D eigenvalue weighted by Crippen LogP contribution is 2.28. The first kappa shape index (κ1) is 13.8. The van der Waals surface area contributed by atoms with E-state index in [1.54, 1.807) is 6.20 Å². The molecule has 0 bridgehead atoms. The highest BCUT2D eigenvalue weighted by atomic mass is 16.4. The number of anilines is 1. The third kappa shape index (κ3) is 2.96. The fraction of sp³-hybridized carbons (Fsp3) is 0.438. The fourth-order valence-corrected chi connectivity index (χ4v) is 3.10. The Hall–Kier alpha value is -2.17. The van der Waals surface area contributed by atoms with Gasteiger partial charge in [0.25, 0.3) is 0 Å². The van der Waals surface area contributed by atoms with E-state index in [9.17, 15) is 9.90 Å². The number of carboxylic acid groups (broad SMARTS) is 1. The molecular formula is C16H19N3O2. The highest BCUT2D eigenvalue weighted by Gasteiger charge is 2.29. The van der Waals surface area contributed by atoms with E-state index >= 15 is 0 Å². The van der Waals surface area contributed by atoms with Gasteiger partial charge in [-0.25, -0.2) is 0 Å². The molecule has 0 amide bonds. The monoisotopic (exact) mass is 285 g/mol. The molecule has 110 valence electrons. The van der Waals surface area contributed by atoms with E-state index < -0.39 is 5.97 Å². The molecule has 1 fully saturated rings. The summed E-state index contributed by atoms with van der Waals surface area (Å²) >= 11 is 0. The Balaban J connectivity index is 1.90. The Morgan fingerprint density at radius 3 is 2.86 bits per heavy atom. The lowest BCUT2D eigenvalue weighted by molar-refractivity contribution is -0.142. The molecule has 0 aliphatic heterocycles. The molecule has 2 atom stereocenters. The maximum absolute atomic E-state index is 11.5. The van der Waals surface area contributed by atoms with Gasteiger partial charge in [0.2, 0.25) is 0 Å². The Bertz CT molecular complexity index is 639. The summed E-state index contributed by atoms with van der Waals surface area (Å²) < 4.78 is 0. The molecule has 2 N–H and O–H groups in total. The van der Waals surface area contributed by atoms with Crippen LogP contribution in [0.2, 0.25) is 0 Å². The fourth-order valence-electron chi connectivity index (χ4n) is 3.10. The molecule has 2 unspecified atom stereocenters. The average molecular weight is 285 g/mol. The average Bonchev–Trinajstić information content (AvgIpc) is 2.73. The Morgan fingerprint density at radius 2 is 2.00 bits per heavy atom. The van der Waals surface area contributed by atoms with Crippen LogP contribution in [0.15, 0.2) is 30.5 Å². The molecule has 3 rings (SSSR count). The van der Waals surface area contributed by atoms with E-state index in [4.69, 9.17) is 0 Å². The lowest BCUT2D eigenvalue weighted by atomic mass is 9.94. The highest BCUT2D eigenvalue weighted by molar-refractivity contribution is 5.90. The molecular weight excluding hydrogens is 266 g/mol. The van der Waals surface area contributed by atoms with Crippen molar-refractivity contribution in [3.8, 4) is 0 Å². The largest absolute Gasteiger partial charge is 0.481 e. The molecule has 1 aromatic carbocycles. The normalized spacial score (nSPS) is 22.7. The van der Waals surface area contributed by atoms with Crippen LogP contribution in [0.4, 0.5) is 5.69 Å². The first-order valence-corrected chi connectivity index (χ1v) is 7.45. The number of hydrogen-bond acceptors (Lipinski definition) is 4. The number of nitrogens with zero attached hydrogens (tertiary/aromatic N) is 2. The van der Waals surface area contributed by atoms with Crippen LogP contribution in [0.5, 0.6) is 0 Å². The predicted molar refractivity (Wildman–Crippen MR) is 81.2 cm³/mol. The molecule has 1 saturated carbocycles. The lowest BCUT2D eigenvalue weighted by Gasteiger charge is -2.24. The zero-order valence-corrected chi connectivity index (χ0v) is 11.8. The second-order valence-corrected chi connectivity index (χ2v) is 5.61. The summed E-state index contributed by atoms with van der Waals surface area (Å²) in [4.78, 5) is 11.5. The molecule has 0 saturated heterocycles. The van der Waals surface area contributed by atoms with Crippen molar-refractivity contribution in [2.45, 2.75) is 38.1 Å².